The van der Waals surface area contributed by atoms with Crippen molar-refractivity contribution in [1.82, 2.24) is 0 Å². The van der Waals surface area contributed by atoms with Gasteiger partial charge in [0.1, 0.15) is 0 Å². The number of hydrogen-bond acceptors (Lipinski definition) is 2. The largest absolute Gasteiger partial charge is 0.385 e. The number of rotatable bonds is 1. The van der Waals surface area contributed by atoms with E-state index in [0.29, 0.717) is 5.92 Å². The van der Waals surface area contributed by atoms with Crippen LogP contribution in [-0.4, -0.2) is 13.1 Å². The average molecular weight is 278 g/mol. The van der Waals surface area contributed by atoms with Gasteiger partial charge in [-0.1, -0.05) is 30.3 Å². The quantitative estimate of drug-likeness (QED) is 0.812. The Balaban J connectivity index is 1.79. The summed E-state index contributed by atoms with van der Waals surface area (Å²) in [4.78, 5) is 0. The third-order valence-corrected chi connectivity index (χ3v) is 4.85. The van der Waals surface area contributed by atoms with Crippen molar-refractivity contribution in [3.05, 3.63) is 58.7 Å². The highest BCUT2D eigenvalue weighted by atomic mass is 14.9. The Morgan fingerprint density at radius 1 is 1.05 bits per heavy atom. The zero-order valence-corrected chi connectivity index (χ0v) is 12.6. The van der Waals surface area contributed by atoms with Gasteiger partial charge in [0.05, 0.1) is 0 Å². The minimum absolute atomic E-state index is 0.536. The van der Waals surface area contributed by atoms with Crippen LogP contribution in [0, 0.1) is 6.92 Å². The van der Waals surface area contributed by atoms with Gasteiger partial charge in [-0.25, -0.2) is 0 Å². The fourth-order valence-electron chi connectivity index (χ4n) is 3.85. The molecule has 2 aromatic carbocycles. The number of para-hydroxylation sites is 1. The maximum absolute atomic E-state index is 3.57. The molecule has 0 radical (unpaired) electrons. The second-order valence-corrected chi connectivity index (χ2v) is 6.26. The summed E-state index contributed by atoms with van der Waals surface area (Å²) in [5.41, 5.74) is 8.54. The van der Waals surface area contributed by atoms with Crippen LogP contribution in [0.15, 0.2) is 36.4 Å². The van der Waals surface area contributed by atoms with E-state index in [-0.39, 0.29) is 0 Å². The molecule has 108 valence electrons. The third-order valence-electron chi connectivity index (χ3n) is 4.85. The maximum atomic E-state index is 3.57. The van der Waals surface area contributed by atoms with Gasteiger partial charge in [0.25, 0.3) is 0 Å². The van der Waals surface area contributed by atoms with E-state index in [9.17, 15) is 0 Å². The molecule has 1 unspecified atom stereocenters. The topological polar surface area (TPSA) is 24.1 Å². The first kappa shape index (κ1) is 12.8. The molecule has 21 heavy (non-hydrogen) atoms. The molecule has 2 nitrogen and oxygen atoms in total. The fraction of sp³-hybridized carbons (Fsp3) is 0.368. The number of hydrogen-bond donors (Lipinski definition) is 2. The molecular formula is C19H22N2. The van der Waals surface area contributed by atoms with E-state index in [1.165, 1.54) is 52.9 Å². The van der Waals surface area contributed by atoms with Gasteiger partial charge in [0, 0.05) is 30.4 Å². The second kappa shape index (κ2) is 5.10. The van der Waals surface area contributed by atoms with Crippen molar-refractivity contribution in [3.63, 3.8) is 0 Å². The Morgan fingerprint density at radius 3 is 2.90 bits per heavy atom. The molecule has 0 spiro atoms. The minimum atomic E-state index is 0.536. The normalized spacial score (nSPS) is 20.0. The van der Waals surface area contributed by atoms with Gasteiger partial charge in [0.2, 0.25) is 0 Å². The molecule has 2 heteroatoms. The number of anilines is 2. The predicted molar refractivity (Wildman–Crippen MR) is 89.4 cm³/mol. The molecule has 2 N–H and O–H groups in total. The lowest BCUT2D eigenvalue weighted by Crippen LogP contribution is -2.19. The van der Waals surface area contributed by atoms with Crippen molar-refractivity contribution in [2.45, 2.75) is 32.1 Å². The Labute approximate surface area is 126 Å². The molecule has 4 rings (SSSR count). The van der Waals surface area contributed by atoms with E-state index in [2.05, 4.69) is 54.0 Å². The first-order valence-electron chi connectivity index (χ1n) is 8.03. The highest BCUT2D eigenvalue weighted by molar-refractivity contribution is 5.63. The second-order valence-electron chi connectivity index (χ2n) is 6.26. The van der Waals surface area contributed by atoms with Crippen LogP contribution in [-0.2, 0) is 6.42 Å². The molecule has 2 aromatic rings. The summed E-state index contributed by atoms with van der Waals surface area (Å²) < 4.78 is 0. The van der Waals surface area contributed by atoms with E-state index in [1.54, 1.807) is 0 Å². The van der Waals surface area contributed by atoms with E-state index in [4.69, 9.17) is 0 Å². The Morgan fingerprint density at radius 2 is 1.95 bits per heavy atom. The van der Waals surface area contributed by atoms with Crippen molar-refractivity contribution in [3.8, 4) is 0 Å². The molecule has 0 amide bonds. The highest BCUT2D eigenvalue weighted by Gasteiger charge is 2.23. The summed E-state index contributed by atoms with van der Waals surface area (Å²) in [6.45, 7) is 4.42. The standard InChI is InChI=1S/C19H22N2/c1-13-11-15(12-14-5-4-9-21-19(13)14)16-8-10-20-18-7-3-2-6-17(16)18/h2-3,6-7,11-12,16,20-21H,4-5,8-10H2,1H3. The SMILES string of the molecule is Cc1cc(C2CCNc3ccccc32)cc2c1NCCC2. The van der Waals surface area contributed by atoms with Crippen LogP contribution in [0.25, 0.3) is 0 Å². The van der Waals surface area contributed by atoms with Gasteiger partial charge in [-0.15, -0.1) is 0 Å². The number of fused-ring (bicyclic) bond motifs is 2. The molecule has 0 aliphatic carbocycles. The zero-order chi connectivity index (χ0) is 14.2. The monoisotopic (exact) mass is 278 g/mol. The molecule has 0 fully saturated rings. The lowest BCUT2D eigenvalue weighted by Gasteiger charge is -2.29. The Bertz CT molecular complexity index is 675. The average Bonchev–Trinajstić information content (AvgIpc) is 2.54. The molecular weight excluding hydrogens is 256 g/mol. The lowest BCUT2D eigenvalue weighted by molar-refractivity contribution is 0.716. The van der Waals surface area contributed by atoms with E-state index >= 15 is 0 Å². The molecule has 0 aromatic heterocycles. The van der Waals surface area contributed by atoms with Crippen LogP contribution in [0.5, 0.6) is 0 Å². The molecule has 0 saturated carbocycles. The summed E-state index contributed by atoms with van der Waals surface area (Å²) in [6, 6.07) is 13.6. The van der Waals surface area contributed by atoms with Gasteiger partial charge in [-0.3, -0.25) is 0 Å². The summed E-state index contributed by atoms with van der Waals surface area (Å²) >= 11 is 0. The molecule has 0 saturated heterocycles. The van der Waals surface area contributed by atoms with Crippen molar-refractivity contribution in [1.29, 1.82) is 0 Å². The Hall–Kier alpha value is -1.96. The van der Waals surface area contributed by atoms with E-state index in [0.717, 1.165) is 13.1 Å². The van der Waals surface area contributed by atoms with Crippen LogP contribution in [0.4, 0.5) is 11.4 Å². The summed E-state index contributed by atoms with van der Waals surface area (Å²) in [5.74, 6) is 0.536. The van der Waals surface area contributed by atoms with Gasteiger partial charge in [-0.05, 0) is 54.5 Å². The predicted octanol–water partition coefficient (Wildman–Crippen LogP) is 4.30. The summed E-state index contributed by atoms with van der Waals surface area (Å²) in [6.07, 6.45) is 3.64. The number of aryl methyl sites for hydroxylation is 2. The van der Waals surface area contributed by atoms with Gasteiger partial charge >= 0.3 is 0 Å². The smallest absolute Gasteiger partial charge is 0.0402 e. The molecule has 2 heterocycles. The van der Waals surface area contributed by atoms with Crippen LogP contribution in [0.1, 0.15) is 41.0 Å². The van der Waals surface area contributed by atoms with Crippen molar-refractivity contribution >= 4 is 11.4 Å². The van der Waals surface area contributed by atoms with Crippen molar-refractivity contribution in [2.24, 2.45) is 0 Å². The van der Waals surface area contributed by atoms with Gasteiger partial charge < -0.3 is 10.6 Å². The molecule has 1 atom stereocenters. The minimum Gasteiger partial charge on any atom is -0.385 e. The van der Waals surface area contributed by atoms with Crippen LogP contribution < -0.4 is 10.6 Å². The fourth-order valence-corrected chi connectivity index (χ4v) is 3.85. The maximum Gasteiger partial charge on any atom is 0.0402 e. The van der Waals surface area contributed by atoms with Gasteiger partial charge in [0.15, 0.2) is 0 Å². The van der Waals surface area contributed by atoms with Crippen molar-refractivity contribution in [2.75, 3.05) is 23.7 Å². The summed E-state index contributed by atoms with van der Waals surface area (Å²) in [7, 11) is 0. The van der Waals surface area contributed by atoms with E-state index in [1.807, 2.05) is 0 Å². The third kappa shape index (κ3) is 2.19. The Kier molecular flexibility index (Phi) is 3.10. The summed E-state index contributed by atoms with van der Waals surface area (Å²) in [5, 5.41) is 7.09. The van der Waals surface area contributed by atoms with E-state index < -0.39 is 0 Å². The molecule has 2 aliphatic rings. The van der Waals surface area contributed by atoms with Crippen molar-refractivity contribution < 1.29 is 0 Å². The first-order valence-corrected chi connectivity index (χ1v) is 8.03. The first-order chi connectivity index (χ1) is 10.3. The number of nitrogens with one attached hydrogen (secondary N) is 2. The van der Waals surface area contributed by atoms with Gasteiger partial charge in [-0.2, -0.15) is 0 Å². The molecule has 2 aliphatic heterocycles. The molecule has 0 bridgehead atoms. The van der Waals surface area contributed by atoms with Crippen LogP contribution in [0.3, 0.4) is 0 Å². The van der Waals surface area contributed by atoms with Crippen LogP contribution in [0.2, 0.25) is 0 Å². The zero-order valence-electron chi connectivity index (χ0n) is 12.6. The van der Waals surface area contributed by atoms with Crippen LogP contribution >= 0.6 is 0 Å². The highest BCUT2D eigenvalue weighted by Crippen LogP contribution is 2.39. The number of benzene rings is 2. The lowest BCUT2D eigenvalue weighted by atomic mass is 9.83.